The van der Waals surface area contributed by atoms with E-state index in [-0.39, 0.29) is 23.9 Å². The molecule has 1 heterocycles. The summed E-state index contributed by atoms with van der Waals surface area (Å²) < 4.78 is 48.2. The van der Waals surface area contributed by atoms with Crippen molar-refractivity contribution in [2.45, 2.75) is 18.7 Å². The standard InChI is InChI=1S/C21H21FN2O5S/c1-14-13-20(15(2)24(14)17-5-3-16(22)4-6-17)21(25)29-12-11-28-18-7-9-19(10-8-18)30(23,26)27/h3-10,13H,11-12H2,1-2H3,(H2,23,26,27). The molecule has 7 nitrogen and oxygen atoms in total. The monoisotopic (exact) mass is 432 g/mol. The van der Waals surface area contributed by atoms with E-state index in [4.69, 9.17) is 14.6 Å². The highest BCUT2D eigenvalue weighted by Gasteiger charge is 2.18. The Hall–Kier alpha value is -3.17. The third kappa shape index (κ3) is 4.87. The van der Waals surface area contributed by atoms with Crippen LogP contribution in [-0.4, -0.2) is 32.2 Å². The zero-order chi connectivity index (χ0) is 21.9. The van der Waals surface area contributed by atoms with E-state index < -0.39 is 16.0 Å². The lowest BCUT2D eigenvalue weighted by atomic mass is 10.2. The zero-order valence-corrected chi connectivity index (χ0v) is 17.3. The number of ether oxygens (including phenoxy) is 2. The molecule has 0 aliphatic carbocycles. The Morgan fingerprint density at radius 2 is 1.67 bits per heavy atom. The van der Waals surface area contributed by atoms with Crippen molar-refractivity contribution in [1.82, 2.24) is 4.57 Å². The van der Waals surface area contributed by atoms with E-state index in [1.807, 2.05) is 11.5 Å². The largest absolute Gasteiger partial charge is 0.490 e. The third-order valence-corrected chi connectivity index (χ3v) is 5.40. The van der Waals surface area contributed by atoms with Crippen LogP contribution in [0.3, 0.4) is 0 Å². The van der Waals surface area contributed by atoms with Gasteiger partial charge in [0, 0.05) is 17.1 Å². The fourth-order valence-electron chi connectivity index (χ4n) is 3.05. The average molecular weight is 432 g/mol. The first-order chi connectivity index (χ1) is 14.2. The van der Waals surface area contributed by atoms with E-state index in [0.717, 1.165) is 11.4 Å². The molecule has 2 N–H and O–H groups in total. The molecule has 0 bridgehead atoms. The summed E-state index contributed by atoms with van der Waals surface area (Å²) in [6, 6.07) is 13.3. The highest BCUT2D eigenvalue weighted by Crippen LogP contribution is 2.22. The second-order valence-corrected chi connectivity index (χ2v) is 8.16. The predicted molar refractivity (Wildman–Crippen MR) is 109 cm³/mol. The number of hydrogen-bond donors (Lipinski definition) is 1. The van der Waals surface area contributed by atoms with Gasteiger partial charge in [-0.3, -0.25) is 0 Å². The number of primary sulfonamides is 1. The van der Waals surface area contributed by atoms with Crippen LogP contribution in [0.4, 0.5) is 4.39 Å². The summed E-state index contributed by atoms with van der Waals surface area (Å²) in [4.78, 5) is 12.4. The Morgan fingerprint density at radius 3 is 2.27 bits per heavy atom. The minimum absolute atomic E-state index is 0.00991. The first kappa shape index (κ1) is 21.5. The highest BCUT2D eigenvalue weighted by atomic mass is 32.2. The van der Waals surface area contributed by atoms with Gasteiger partial charge >= 0.3 is 5.97 Å². The van der Waals surface area contributed by atoms with E-state index in [2.05, 4.69) is 0 Å². The molecule has 3 aromatic rings. The molecule has 0 aliphatic rings. The summed E-state index contributed by atoms with van der Waals surface area (Å²) in [6.45, 7) is 3.74. The van der Waals surface area contributed by atoms with Crippen molar-refractivity contribution in [1.29, 1.82) is 0 Å². The molecule has 158 valence electrons. The molecular weight excluding hydrogens is 411 g/mol. The van der Waals surface area contributed by atoms with E-state index in [1.165, 1.54) is 36.4 Å². The van der Waals surface area contributed by atoms with Gasteiger partial charge in [-0.25, -0.2) is 22.7 Å². The molecule has 9 heteroatoms. The summed E-state index contributed by atoms with van der Waals surface area (Å²) in [7, 11) is -3.76. The lowest BCUT2D eigenvalue weighted by Crippen LogP contribution is -2.14. The number of hydrogen-bond acceptors (Lipinski definition) is 5. The summed E-state index contributed by atoms with van der Waals surface area (Å²) in [5.74, 6) is -0.405. The number of sulfonamides is 1. The number of carbonyl (C=O) groups excluding carboxylic acids is 1. The van der Waals surface area contributed by atoms with Gasteiger partial charge in [-0.05, 0) is 68.4 Å². The number of nitrogens with zero attached hydrogens (tertiary/aromatic N) is 1. The maximum absolute atomic E-state index is 13.2. The molecule has 0 aliphatic heterocycles. The van der Waals surface area contributed by atoms with E-state index in [0.29, 0.717) is 17.0 Å². The van der Waals surface area contributed by atoms with Gasteiger partial charge in [-0.2, -0.15) is 0 Å². The molecule has 0 saturated heterocycles. The molecule has 0 spiro atoms. The number of aromatic nitrogens is 1. The zero-order valence-electron chi connectivity index (χ0n) is 16.5. The number of esters is 1. The SMILES string of the molecule is Cc1cc(C(=O)OCCOc2ccc(S(N)(=O)=O)cc2)c(C)n1-c1ccc(F)cc1. The van der Waals surface area contributed by atoms with Crippen LogP contribution >= 0.6 is 0 Å². The normalized spacial score (nSPS) is 11.3. The second-order valence-electron chi connectivity index (χ2n) is 6.60. The molecule has 3 rings (SSSR count). The molecular formula is C21H21FN2O5S. The molecule has 0 atom stereocenters. The third-order valence-electron chi connectivity index (χ3n) is 4.47. The molecule has 0 radical (unpaired) electrons. The predicted octanol–water partition coefficient (Wildman–Crippen LogP) is 3.12. The minimum Gasteiger partial charge on any atom is -0.490 e. The molecule has 1 aromatic heterocycles. The van der Waals surface area contributed by atoms with Crippen LogP contribution in [0.25, 0.3) is 5.69 Å². The fourth-order valence-corrected chi connectivity index (χ4v) is 3.57. The van der Waals surface area contributed by atoms with Crippen molar-refractivity contribution in [2.24, 2.45) is 5.14 Å². The van der Waals surface area contributed by atoms with Crippen molar-refractivity contribution in [3.05, 3.63) is 77.4 Å². The van der Waals surface area contributed by atoms with E-state index in [9.17, 15) is 17.6 Å². The number of nitrogens with two attached hydrogens (primary N) is 1. The number of rotatable bonds is 7. The topological polar surface area (TPSA) is 101 Å². The molecule has 2 aromatic carbocycles. The van der Waals surface area contributed by atoms with Gasteiger partial charge in [0.05, 0.1) is 10.5 Å². The maximum atomic E-state index is 13.2. The van der Waals surface area contributed by atoms with Crippen molar-refractivity contribution in [2.75, 3.05) is 13.2 Å². The minimum atomic E-state index is -3.76. The molecule has 0 fully saturated rings. The molecule has 30 heavy (non-hydrogen) atoms. The van der Waals surface area contributed by atoms with Crippen molar-refractivity contribution < 1.29 is 27.1 Å². The van der Waals surface area contributed by atoms with Crippen LogP contribution in [0.15, 0.2) is 59.5 Å². The van der Waals surface area contributed by atoms with Crippen LogP contribution in [-0.2, 0) is 14.8 Å². The summed E-state index contributed by atoms with van der Waals surface area (Å²) in [5, 5.41) is 5.04. The Kier molecular flexibility index (Phi) is 6.23. The van der Waals surface area contributed by atoms with Gasteiger partial charge < -0.3 is 14.0 Å². The van der Waals surface area contributed by atoms with Gasteiger partial charge in [0.1, 0.15) is 24.8 Å². The molecule has 0 unspecified atom stereocenters. The molecule has 0 amide bonds. The van der Waals surface area contributed by atoms with Crippen LogP contribution in [0.2, 0.25) is 0 Å². The number of halogens is 1. The van der Waals surface area contributed by atoms with Gasteiger partial charge in [0.2, 0.25) is 10.0 Å². The highest BCUT2D eigenvalue weighted by molar-refractivity contribution is 7.89. The quantitative estimate of drug-likeness (QED) is 0.457. The van der Waals surface area contributed by atoms with Crippen molar-refractivity contribution in [3.63, 3.8) is 0 Å². The Morgan fingerprint density at radius 1 is 1.03 bits per heavy atom. The van der Waals surface area contributed by atoms with Gasteiger partial charge in [0.25, 0.3) is 0 Å². The van der Waals surface area contributed by atoms with Gasteiger partial charge in [-0.1, -0.05) is 0 Å². The second kappa shape index (κ2) is 8.68. The Bertz CT molecular complexity index is 1150. The lowest BCUT2D eigenvalue weighted by molar-refractivity contribution is 0.0449. The van der Waals surface area contributed by atoms with E-state index in [1.54, 1.807) is 25.1 Å². The number of carbonyl (C=O) groups is 1. The van der Waals surface area contributed by atoms with Crippen LogP contribution in [0.5, 0.6) is 5.75 Å². The van der Waals surface area contributed by atoms with Gasteiger partial charge in [-0.15, -0.1) is 0 Å². The Balaban J connectivity index is 1.59. The van der Waals surface area contributed by atoms with Crippen LogP contribution in [0, 0.1) is 19.7 Å². The first-order valence-electron chi connectivity index (χ1n) is 9.04. The van der Waals surface area contributed by atoms with Crippen molar-refractivity contribution >= 4 is 16.0 Å². The summed E-state index contributed by atoms with van der Waals surface area (Å²) in [5.41, 5.74) is 2.66. The average Bonchev–Trinajstić information content (AvgIpc) is 3.00. The summed E-state index contributed by atoms with van der Waals surface area (Å²) in [6.07, 6.45) is 0. The maximum Gasteiger partial charge on any atom is 0.340 e. The van der Waals surface area contributed by atoms with Crippen LogP contribution in [0.1, 0.15) is 21.7 Å². The first-order valence-corrected chi connectivity index (χ1v) is 10.6. The van der Waals surface area contributed by atoms with E-state index >= 15 is 0 Å². The Labute approximate surface area is 173 Å². The van der Waals surface area contributed by atoms with Gasteiger partial charge in [0.15, 0.2) is 0 Å². The summed E-state index contributed by atoms with van der Waals surface area (Å²) >= 11 is 0. The van der Waals surface area contributed by atoms with Crippen LogP contribution < -0.4 is 9.88 Å². The fraction of sp³-hybridized carbons (Fsp3) is 0.190. The molecule has 0 saturated carbocycles. The number of aryl methyl sites for hydroxylation is 1. The smallest absolute Gasteiger partial charge is 0.340 e. The van der Waals surface area contributed by atoms with Crippen molar-refractivity contribution in [3.8, 4) is 11.4 Å². The number of benzene rings is 2. The lowest BCUT2D eigenvalue weighted by Gasteiger charge is -2.10.